The van der Waals surface area contributed by atoms with Gasteiger partial charge < -0.3 is 14.8 Å². The lowest BCUT2D eigenvalue weighted by atomic mass is 10.1. The fraction of sp³-hybridized carbons (Fsp3) is 0.400. The van der Waals surface area contributed by atoms with Gasteiger partial charge >= 0.3 is 5.69 Å². The van der Waals surface area contributed by atoms with E-state index < -0.39 is 4.92 Å². The van der Waals surface area contributed by atoms with Crippen LogP contribution in [0.25, 0.3) is 0 Å². The van der Waals surface area contributed by atoms with Crippen LogP contribution < -0.4 is 14.8 Å². The summed E-state index contributed by atoms with van der Waals surface area (Å²) in [5.41, 5.74) is 0.680. The number of nitrogens with zero attached hydrogens (tertiary/aromatic N) is 1. The molecule has 0 heterocycles. The summed E-state index contributed by atoms with van der Waals surface area (Å²) < 4.78 is 10.0. The minimum atomic E-state index is -0.486. The first kappa shape index (κ1) is 12.3. The second-order valence-electron chi connectivity index (χ2n) is 3.14. The Hall–Kier alpha value is -1.82. The van der Waals surface area contributed by atoms with Crippen molar-refractivity contribution in [3.05, 3.63) is 27.8 Å². The number of benzene rings is 1. The van der Waals surface area contributed by atoms with Crippen LogP contribution in [0.2, 0.25) is 0 Å². The van der Waals surface area contributed by atoms with E-state index in [1.807, 2.05) is 0 Å². The maximum absolute atomic E-state index is 10.9. The quantitative estimate of drug-likeness (QED) is 0.605. The van der Waals surface area contributed by atoms with Gasteiger partial charge in [-0.1, -0.05) is 0 Å². The van der Waals surface area contributed by atoms with Crippen LogP contribution in [0.5, 0.6) is 11.5 Å². The molecular formula is C10H14N2O4. The molecule has 0 aromatic heterocycles. The highest BCUT2D eigenvalue weighted by atomic mass is 16.6. The van der Waals surface area contributed by atoms with Crippen molar-refractivity contribution >= 4 is 5.69 Å². The molecule has 0 unspecified atom stereocenters. The Morgan fingerprint density at radius 3 is 2.50 bits per heavy atom. The van der Waals surface area contributed by atoms with Crippen molar-refractivity contribution in [1.82, 2.24) is 5.32 Å². The SMILES string of the molecule is CNCc1cc(OC)c(OC)c([N+](=O)[O-])c1. The van der Waals surface area contributed by atoms with E-state index in [9.17, 15) is 10.1 Å². The molecule has 0 saturated heterocycles. The summed E-state index contributed by atoms with van der Waals surface area (Å²) in [6, 6.07) is 3.18. The van der Waals surface area contributed by atoms with Crippen LogP contribution in [0.4, 0.5) is 5.69 Å². The molecule has 0 atom stereocenters. The monoisotopic (exact) mass is 226 g/mol. The number of nitro groups is 1. The van der Waals surface area contributed by atoms with Gasteiger partial charge in [-0.05, 0) is 18.7 Å². The Labute approximate surface area is 93.3 Å². The van der Waals surface area contributed by atoms with E-state index in [0.29, 0.717) is 12.3 Å². The van der Waals surface area contributed by atoms with Crippen LogP contribution in [-0.2, 0) is 6.54 Å². The van der Waals surface area contributed by atoms with Crippen molar-refractivity contribution in [2.45, 2.75) is 6.54 Å². The molecule has 0 bridgehead atoms. The molecule has 0 saturated carbocycles. The number of hydrogen-bond acceptors (Lipinski definition) is 5. The van der Waals surface area contributed by atoms with Crippen molar-refractivity contribution in [2.24, 2.45) is 0 Å². The van der Waals surface area contributed by atoms with Crippen molar-refractivity contribution < 1.29 is 14.4 Å². The second-order valence-corrected chi connectivity index (χ2v) is 3.14. The highest BCUT2D eigenvalue weighted by Gasteiger charge is 2.21. The smallest absolute Gasteiger partial charge is 0.315 e. The van der Waals surface area contributed by atoms with Gasteiger partial charge in [-0.3, -0.25) is 10.1 Å². The lowest BCUT2D eigenvalue weighted by Crippen LogP contribution is -2.06. The maximum Gasteiger partial charge on any atom is 0.315 e. The summed E-state index contributed by atoms with van der Waals surface area (Å²) in [4.78, 5) is 10.4. The number of ether oxygens (including phenoxy) is 2. The minimum Gasteiger partial charge on any atom is -0.493 e. The first-order chi connectivity index (χ1) is 7.63. The number of nitro benzene ring substituents is 1. The summed E-state index contributed by atoms with van der Waals surface area (Å²) in [6.45, 7) is 0.529. The average molecular weight is 226 g/mol. The van der Waals surface area contributed by atoms with Gasteiger partial charge in [0.15, 0.2) is 5.75 Å². The largest absolute Gasteiger partial charge is 0.493 e. The molecule has 6 nitrogen and oxygen atoms in total. The number of hydrogen-bond donors (Lipinski definition) is 1. The van der Waals surface area contributed by atoms with Gasteiger partial charge in [0.05, 0.1) is 19.1 Å². The Morgan fingerprint density at radius 2 is 2.06 bits per heavy atom. The molecule has 0 fully saturated rings. The van der Waals surface area contributed by atoms with Gasteiger partial charge in [0.1, 0.15) is 0 Å². The van der Waals surface area contributed by atoms with Gasteiger partial charge in [-0.25, -0.2) is 0 Å². The van der Waals surface area contributed by atoms with Crippen LogP contribution in [0, 0.1) is 10.1 Å². The first-order valence-electron chi connectivity index (χ1n) is 4.68. The van der Waals surface area contributed by atoms with Gasteiger partial charge in [0, 0.05) is 12.6 Å². The summed E-state index contributed by atoms with van der Waals surface area (Å²) in [6.07, 6.45) is 0. The molecule has 1 N–H and O–H groups in total. The molecule has 0 amide bonds. The lowest BCUT2D eigenvalue weighted by molar-refractivity contribution is -0.385. The fourth-order valence-electron chi connectivity index (χ4n) is 1.44. The molecule has 1 rings (SSSR count). The van der Waals surface area contributed by atoms with Crippen molar-refractivity contribution in [1.29, 1.82) is 0 Å². The van der Waals surface area contributed by atoms with Crippen molar-refractivity contribution in [3.8, 4) is 11.5 Å². The first-order valence-corrected chi connectivity index (χ1v) is 4.68. The van der Waals surface area contributed by atoms with Gasteiger partial charge in [-0.15, -0.1) is 0 Å². The summed E-state index contributed by atoms with van der Waals surface area (Å²) in [7, 11) is 4.59. The van der Waals surface area contributed by atoms with Crippen LogP contribution in [-0.4, -0.2) is 26.2 Å². The molecule has 0 radical (unpaired) electrons. The third-order valence-corrected chi connectivity index (χ3v) is 2.10. The molecule has 1 aromatic carbocycles. The zero-order chi connectivity index (χ0) is 12.1. The van der Waals surface area contributed by atoms with E-state index in [-0.39, 0.29) is 11.4 Å². The van der Waals surface area contributed by atoms with E-state index in [4.69, 9.17) is 9.47 Å². The molecule has 6 heteroatoms. The van der Waals surface area contributed by atoms with E-state index in [1.165, 1.54) is 20.3 Å². The predicted molar refractivity (Wildman–Crippen MR) is 59.0 cm³/mol. The molecule has 0 aliphatic carbocycles. The number of rotatable bonds is 5. The average Bonchev–Trinajstić information content (AvgIpc) is 2.28. The van der Waals surface area contributed by atoms with Crippen LogP contribution >= 0.6 is 0 Å². The standard InChI is InChI=1S/C10H14N2O4/c1-11-6-7-4-8(12(13)14)10(16-3)9(5-7)15-2/h4-5,11H,6H2,1-3H3. The maximum atomic E-state index is 10.9. The molecular weight excluding hydrogens is 212 g/mol. The molecule has 0 spiro atoms. The fourth-order valence-corrected chi connectivity index (χ4v) is 1.44. The summed E-state index contributed by atoms with van der Waals surface area (Å²) in [5, 5.41) is 13.8. The second kappa shape index (κ2) is 5.32. The zero-order valence-electron chi connectivity index (χ0n) is 9.44. The van der Waals surface area contributed by atoms with E-state index in [2.05, 4.69) is 5.32 Å². The summed E-state index contributed by atoms with van der Waals surface area (Å²) in [5.74, 6) is 0.509. The van der Waals surface area contributed by atoms with Crippen LogP contribution in [0.1, 0.15) is 5.56 Å². The van der Waals surface area contributed by atoms with Gasteiger partial charge in [-0.2, -0.15) is 0 Å². The molecule has 16 heavy (non-hydrogen) atoms. The van der Waals surface area contributed by atoms with Gasteiger partial charge in [0.25, 0.3) is 0 Å². The van der Waals surface area contributed by atoms with E-state index >= 15 is 0 Å². The molecule has 0 aliphatic rings. The minimum absolute atomic E-state index is 0.0906. The molecule has 0 aliphatic heterocycles. The van der Waals surface area contributed by atoms with Crippen LogP contribution in [0.3, 0.4) is 0 Å². The van der Waals surface area contributed by atoms with E-state index in [1.54, 1.807) is 13.1 Å². The highest BCUT2D eigenvalue weighted by molar-refractivity contribution is 5.58. The van der Waals surface area contributed by atoms with Gasteiger partial charge in [0.2, 0.25) is 5.75 Å². The topological polar surface area (TPSA) is 73.6 Å². The van der Waals surface area contributed by atoms with Crippen molar-refractivity contribution in [2.75, 3.05) is 21.3 Å². The van der Waals surface area contributed by atoms with Crippen molar-refractivity contribution in [3.63, 3.8) is 0 Å². The predicted octanol–water partition coefficient (Wildman–Crippen LogP) is 1.33. The van der Waals surface area contributed by atoms with Crippen LogP contribution in [0.15, 0.2) is 12.1 Å². The zero-order valence-corrected chi connectivity index (χ0v) is 9.44. The Morgan fingerprint density at radius 1 is 1.38 bits per heavy atom. The number of methoxy groups -OCH3 is 2. The Kier molecular flexibility index (Phi) is 4.07. The third kappa shape index (κ3) is 2.40. The summed E-state index contributed by atoms with van der Waals surface area (Å²) >= 11 is 0. The highest BCUT2D eigenvalue weighted by Crippen LogP contribution is 2.37. The number of nitrogens with one attached hydrogen (secondary N) is 1. The third-order valence-electron chi connectivity index (χ3n) is 2.10. The molecule has 88 valence electrons. The Balaban J connectivity index is 3.31. The van der Waals surface area contributed by atoms with E-state index in [0.717, 1.165) is 5.56 Å². The normalized spacial score (nSPS) is 9.94. The molecule has 1 aromatic rings. The lowest BCUT2D eigenvalue weighted by Gasteiger charge is -2.10. The Bertz CT molecular complexity index is 393.